The molecule has 7 rings (SSSR count). The maximum atomic E-state index is 14.1. The summed E-state index contributed by atoms with van der Waals surface area (Å²) in [4.78, 5) is 20.3. The van der Waals surface area contributed by atoms with Crippen molar-refractivity contribution in [2.75, 3.05) is 30.8 Å². The van der Waals surface area contributed by atoms with Gasteiger partial charge in [0.1, 0.15) is 23.5 Å². The molecular weight excluding hydrogens is 616 g/mol. The number of hydrogen-bond acceptors (Lipinski definition) is 11. The van der Waals surface area contributed by atoms with Gasteiger partial charge >= 0.3 is 0 Å². The SMILES string of the molecule is CN1CCC(Oc2ccc(-c3cnc(Nc4ccnc(-c5cnn(S(=O)(=O)C6CC6)c5)n4)cc3NC3CCC(F)(F)C3)nc2)CC1. The third-order valence-electron chi connectivity index (χ3n) is 8.58. The first-order valence-electron chi connectivity index (χ1n) is 15.5. The fourth-order valence-corrected chi connectivity index (χ4v) is 7.30. The minimum Gasteiger partial charge on any atom is -0.489 e. The van der Waals surface area contributed by atoms with Crippen molar-refractivity contribution >= 4 is 27.3 Å². The van der Waals surface area contributed by atoms with Crippen LogP contribution in [0.15, 0.2) is 55.2 Å². The standard InChI is InChI=1S/C31H35F2N9O3S/c1-41-12-8-22(9-13-41)45-23-2-5-26(35-17-23)25-18-36-29(14-27(25)38-21-6-10-31(32,33)15-21)39-28-7-11-34-30(40-28)20-16-37-42(19-20)46(43,44)24-3-4-24/h2,5,7,11,14,16-19,21-22,24H,3-4,6,8-10,12-13,15H2,1H3,(H2,34,36,38,39,40). The van der Waals surface area contributed by atoms with Crippen LogP contribution >= 0.6 is 0 Å². The molecule has 0 amide bonds. The number of ether oxygens (including phenoxy) is 1. The lowest BCUT2D eigenvalue weighted by Crippen LogP contribution is -2.35. The summed E-state index contributed by atoms with van der Waals surface area (Å²) in [5.41, 5.74) is 2.36. The highest BCUT2D eigenvalue weighted by Gasteiger charge is 2.40. The van der Waals surface area contributed by atoms with E-state index in [4.69, 9.17) is 4.74 Å². The van der Waals surface area contributed by atoms with Crippen molar-refractivity contribution in [3.05, 3.63) is 55.2 Å². The summed E-state index contributed by atoms with van der Waals surface area (Å²) >= 11 is 0. The smallest absolute Gasteiger partial charge is 0.256 e. The molecule has 3 aliphatic rings. The molecule has 2 aliphatic carbocycles. The maximum absolute atomic E-state index is 14.1. The van der Waals surface area contributed by atoms with E-state index in [1.807, 2.05) is 12.1 Å². The average Bonchev–Trinajstić information content (AvgIpc) is 3.69. The van der Waals surface area contributed by atoms with Gasteiger partial charge in [-0.3, -0.25) is 4.98 Å². The predicted octanol–water partition coefficient (Wildman–Crippen LogP) is 4.95. The quantitative estimate of drug-likeness (QED) is 0.241. The van der Waals surface area contributed by atoms with E-state index in [9.17, 15) is 17.2 Å². The summed E-state index contributed by atoms with van der Waals surface area (Å²) in [6, 6.07) is 6.72. The number of alkyl halides is 2. The van der Waals surface area contributed by atoms with Crippen LogP contribution in [-0.2, 0) is 10.0 Å². The highest BCUT2D eigenvalue weighted by Crippen LogP contribution is 2.38. The van der Waals surface area contributed by atoms with Crippen molar-refractivity contribution in [2.45, 2.75) is 68.3 Å². The molecule has 0 bridgehead atoms. The van der Waals surface area contributed by atoms with Gasteiger partial charge in [0, 0.05) is 61.7 Å². The van der Waals surface area contributed by atoms with E-state index in [0.717, 1.165) is 30.0 Å². The topological polar surface area (TPSA) is 140 Å². The van der Waals surface area contributed by atoms with Gasteiger partial charge in [0.15, 0.2) is 5.82 Å². The average molecular weight is 652 g/mol. The first-order chi connectivity index (χ1) is 22.1. The second-order valence-electron chi connectivity index (χ2n) is 12.3. The number of nitrogens with zero attached hydrogens (tertiary/aromatic N) is 7. The maximum Gasteiger partial charge on any atom is 0.256 e. The van der Waals surface area contributed by atoms with Crippen LogP contribution in [0.4, 0.5) is 26.1 Å². The molecule has 3 fully saturated rings. The zero-order valence-corrected chi connectivity index (χ0v) is 26.1. The fourth-order valence-electron chi connectivity index (χ4n) is 5.82. The Morgan fingerprint density at radius 2 is 1.80 bits per heavy atom. The van der Waals surface area contributed by atoms with Gasteiger partial charge in [-0.05, 0) is 57.4 Å². The van der Waals surface area contributed by atoms with Gasteiger partial charge in [0.25, 0.3) is 10.0 Å². The largest absolute Gasteiger partial charge is 0.489 e. The van der Waals surface area contributed by atoms with E-state index in [2.05, 4.69) is 47.6 Å². The molecular formula is C31H35F2N9O3S. The number of anilines is 3. The van der Waals surface area contributed by atoms with Crippen molar-refractivity contribution in [3.8, 4) is 28.4 Å². The number of hydrogen-bond donors (Lipinski definition) is 2. The molecule has 2 saturated carbocycles. The summed E-state index contributed by atoms with van der Waals surface area (Å²) in [5.74, 6) is -0.896. The molecule has 1 aliphatic heterocycles. The van der Waals surface area contributed by atoms with Crippen molar-refractivity contribution in [1.82, 2.24) is 34.0 Å². The second kappa shape index (κ2) is 12.2. The molecule has 1 saturated heterocycles. The van der Waals surface area contributed by atoms with Crippen LogP contribution in [0, 0.1) is 0 Å². The van der Waals surface area contributed by atoms with E-state index in [-0.39, 0.29) is 24.8 Å². The Morgan fingerprint density at radius 3 is 2.52 bits per heavy atom. The molecule has 1 atom stereocenters. The van der Waals surface area contributed by atoms with Gasteiger partial charge in [-0.1, -0.05) is 0 Å². The minimum atomic E-state index is -3.52. The molecule has 4 aromatic heterocycles. The number of piperidine rings is 1. The number of likely N-dealkylation sites (tertiary alicyclic amines) is 1. The first kappa shape index (κ1) is 30.4. The summed E-state index contributed by atoms with van der Waals surface area (Å²) in [6.45, 7) is 1.98. The van der Waals surface area contributed by atoms with Gasteiger partial charge < -0.3 is 20.3 Å². The minimum absolute atomic E-state index is 0.145. The highest BCUT2D eigenvalue weighted by molar-refractivity contribution is 7.90. The highest BCUT2D eigenvalue weighted by atomic mass is 32.2. The summed E-state index contributed by atoms with van der Waals surface area (Å²) in [7, 11) is -1.41. The molecule has 1 unspecified atom stereocenters. The van der Waals surface area contributed by atoms with Crippen LogP contribution in [0.5, 0.6) is 5.75 Å². The lowest BCUT2D eigenvalue weighted by molar-refractivity contribution is 0.00852. The monoisotopic (exact) mass is 651 g/mol. The number of aromatic nitrogens is 6. The van der Waals surface area contributed by atoms with Crippen molar-refractivity contribution in [3.63, 3.8) is 0 Å². The number of pyridine rings is 2. The Kier molecular flexibility index (Phi) is 8.05. The zero-order chi connectivity index (χ0) is 31.9. The van der Waals surface area contributed by atoms with Gasteiger partial charge in [0.2, 0.25) is 5.92 Å². The third kappa shape index (κ3) is 6.79. The van der Waals surface area contributed by atoms with Gasteiger partial charge in [-0.2, -0.15) is 9.19 Å². The molecule has 2 N–H and O–H groups in total. The first-order valence-corrected chi connectivity index (χ1v) is 17.0. The van der Waals surface area contributed by atoms with E-state index < -0.39 is 27.2 Å². The van der Waals surface area contributed by atoms with E-state index in [1.54, 1.807) is 30.7 Å². The van der Waals surface area contributed by atoms with Crippen LogP contribution in [0.1, 0.15) is 44.9 Å². The molecule has 5 heterocycles. The van der Waals surface area contributed by atoms with Gasteiger partial charge in [-0.15, -0.1) is 0 Å². The van der Waals surface area contributed by atoms with Gasteiger partial charge in [0.05, 0.1) is 35.1 Å². The Labute approximate surface area is 265 Å². The molecule has 4 aromatic rings. The number of rotatable bonds is 10. The van der Waals surface area contributed by atoms with Crippen LogP contribution in [0.25, 0.3) is 22.6 Å². The molecule has 0 spiro atoms. The van der Waals surface area contributed by atoms with Crippen molar-refractivity contribution in [1.29, 1.82) is 0 Å². The number of nitrogens with one attached hydrogen (secondary N) is 2. The molecule has 12 nitrogen and oxygen atoms in total. The summed E-state index contributed by atoms with van der Waals surface area (Å²) in [5, 5.41) is 10.1. The normalized spacial score (nSPS) is 20.5. The number of halogens is 2. The van der Waals surface area contributed by atoms with Crippen molar-refractivity contribution < 1.29 is 21.9 Å². The van der Waals surface area contributed by atoms with Crippen LogP contribution in [-0.4, -0.2) is 85.9 Å². The Hall–Kier alpha value is -4.24. The molecule has 242 valence electrons. The third-order valence-corrected chi connectivity index (χ3v) is 10.6. The second-order valence-corrected chi connectivity index (χ2v) is 14.4. The zero-order valence-electron chi connectivity index (χ0n) is 25.3. The van der Waals surface area contributed by atoms with Crippen LogP contribution < -0.4 is 15.4 Å². The van der Waals surface area contributed by atoms with Crippen molar-refractivity contribution in [2.24, 2.45) is 0 Å². The summed E-state index contributed by atoms with van der Waals surface area (Å²) < 4.78 is 60.4. The Morgan fingerprint density at radius 1 is 0.978 bits per heavy atom. The lowest BCUT2D eigenvalue weighted by atomic mass is 10.1. The molecule has 0 radical (unpaired) electrons. The molecule has 15 heteroatoms. The van der Waals surface area contributed by atoms with Crippen LogP contribution in [0.2, 0.25) is 0 Å². The fraction of sp³-hybridized carbons (Fsp3) is 0.452. The molecule has 0 aromatic carbocycles. The Balaban J connectivity index is 1.11. The summed E-state index contributed by atoms with van der Waals surface area (Å²) in [6.07, 6.45) is 10.9. The Bertz CT molecular complexity index is 1810. The molecule has 46 heavy (non-hydrogen) atoms. The van der Waals surface area contributed by atoms with E-state index >= 15 is 0 Å². The van der Waals surface area contributed by atoms with E-state index in [0.29, 0.717) is 59.2 Å². The van der Waals surface area contributed by atoms with Crippen LogP contribution in [0.3, 0.4) is 0 Å². The van der Waals surface area contributed by atoms with E-state index in [1.165, 1.54) is 12.4 Å². The predicted molar refractivity (Wildman–Crippen MR) is 169 cm³/mol. The van der Waals surface area contributed by atoms with Gasteiger partial charge in [-0.25, -0.2) is 32.2 Å². The lowest BCUT2D eigenvalue weighted by Gasteiger charge is -2.29.